The lowest BCUT2D eigenvalue weighted by Gasteiger charge is -1.96. The number of amides is 1. The summed E-state index contributed by atoms with van der Waals surface area (Å²) < 4.78 is 6.31. The quantitative estimate of drug-likeness (QED) is 0.749. The first-order chi connectivity index (χ1) is 10.6. The molecule has 0 fully saturated rings. The van der Waals surface area contributed by atoms with Gasteiger partial charge in [0.05, 0.1) is 11.4 Å². The number of rotatable bonds is 4. The van der Waals surface area contributed by atoms with Gasteiger partial charge in [0.2, 0.25) is 11.7 Å². The van der Waals surface area contributed by atoms with Crippen LogP contribution in [0, 0.1) is 0 Å². The summed E-state index contributed by atoms with van der Waals surface area (Å²) in [4.78, 5) is 17.3. The molecular formula is C15H12BrN3O2S. The maximum absolute atomic E-state index is 10.9. The highest BCUT2D eigenvalue weighted by atomic mass is 79.9. The number of carbonyl (C=O) groups excluding carboxylic acids is 1. The Hall–Kier alpha value is -1.99. The standard InChI is InChI=1S/C15H12BrN3O2S/c1-9(20)17-8-12-6-7-13(22-12)14-18-15(21-19-14)10-2-4-11(16)5-3-10/h2-7H,8H2,1H3,(H,17,20). The maximum atomic E-state index is 10.9. The predicted octanol–water partition coefficient (Wildman–Crippen LogP) is 3.86. The highest BCUT2D eigenvalue weighted by Crippen LogP contribution is 2.28. The molecule has 1 amide bonds. The Kier molecular flexibility index (Phi) is 4.35. The monoisotopic (exact) mass is 377 g/mol. The van der Waals surface area contributed by atoms with Gasteiger partial charge in [0, 0.05) is 21.8 Å². The summed E-state index contributed by atoms with van der Waals surface area (Å²) in [6.07, 6.45) is 0. The molecule has 5 nitrogen and oxygen atoms in total. The normalized spacial score (nSPS) is 10.6. The zero-order valence-corrected chi connectivity index (χ0v) is 14.1. The fourth-order valence-electron chi connectivity index (χ4n) is 1.84. The Morgan fingerprint density at radius 2 is 2.05 bits per heavy atom. The smallest absolute Gasteiger partial charge is 0.258 e. The van der Waals surface area contributed by atoms with Crippen LogP contribution in [0.4, 0.5) is 0 Å². The largest absolute Gasteiger partial charge is 0.351 e. The Balaban J connectivity index is 1.79. The SMILES string of the molecule is CC(=O)NCc1ccc(-c2noc(-c3ccc(Br)cc3)n2)s1. The summed E-state index contributed by atoms with van der Waals surface area (Å²) in [5.74, 6) is 0.989. The van der Waals surface area contributed by atoms with E-state index in [2.05, 4.69) is 31.4 Å². The zero-order chi connectivity index (χ0) is 15.5. The van der Waals surface area contributed by atoms with Crippen LogP contribution in [0.1, 0.15) is 11.8 Å². The molecule has 0 unspecified atom stereocenters. The van der Waals surface area contributed by atoms with Gasteiger partial charge in [0.25, 0.3) is 5.89 Å². The number of benzene rings is 1. The van der Waals surface area contributed by atoms with Gasteiger partial charge in [-0.25, -0.2) is 0 Å². The molecule has 1 N–H and O–H groups in total. The van der Waals surface area contributed by atoms with Gasteiger partial charge in [-0.2, -0.15) is 4.98 Å². The van der Waals surface area contributed by atoms with Gasteiger partial charge in [0.15, 0.2) is 0 Å². The average Bonchev–Trinajstić information content (AvgIpc) is 3.15. The Labute approximate surface area is 139 Å². The summed E-state index contributed by atoms with van der Waals surface area (Å²) in [5, 5.41) is 6.78. The molecule has 0 bridgehead atoms. The summed E-state index contributed by atoms with van der Waals surface area (Å²) in [7, 11) is 0. The van der Waals surface area contributed by atoms with Crippen molar-refractivity contribution in [2.75, 3.05) is 0 Å². The van der Waals surface area contributed by atoms with Crippen LogP contribution in [0.5, 0.6) is 0 Å². The lowest BCUT2D eigenvalue weighted by atomic mass is 10.2. The summed E-state index contributed by atoms with van der Waals surface area (Å²) in [6, 6.07) is 11.6. The molecule has 1 aromatic carbocycles. The number of hydrogen-bond donors (Lipinski definition) is 1. The number of nitrogens with one attached hydrogen (secondary N) is 1. The third-order valence-corrected chi connectivity index (χ3v) is 4.52. The van der Waals surface area contributed by atoms with Crippen molar-refractivity contribution < 1.29 is 9.32 Å². The van der Waals surface area contributed by atoms with Crippen molar-refractivity contribution in [3.63, 3.8) is 0 Å². The molecule has 112 valence electrons. The summed E-state index contributed by atoms with van der Waals surface area (Å²) >= 11 is 4.92. The molecule has 0 aliphatic carbocycles. The van der Waals surface area contributed by atoms with Gasteiger partial charge in [-0.1, -0.05) is 21.1 Å². The topological polar surface area (TPSA) is 68.0 Å². The van der Waals surface area contributed by atoms with E-state index in [1.807, 2.05) is 36.4 Å². The molecular weight excluding hydrogens is 366 g/mol. The molecule has 0 saturated heterocycles. The third-order valence-electron chi connectivity index (χ3n) is 2.91. The van der Waals surface area contributed by atoms with Crippen molar-refractivity contribution in [3.8, 4) is 22.2 Å². The van der Waals surface area contributed by atoms with E-state index in [1.165, 1.54) is 18.3 Å². The Morgan fingerprint density at radius 3 is 2.77 bits per heavy atom. The van der Waals surface area contributed by atoms with E-state index >= 15 is 0 Å². The fraction of sp³-hybridized carbons (Fsp3) is 0.133. The van der Waals surface area contributed by atoms with Crippen molar-refractivity contribution in [2.45, 2.75) is 13.5 Å². The summed E-state index contributed by atoms with van der Waals surface area (Å²) in [5.41, 5.74) is 0.872. The van der Waals surface area contributed by atoms with Gasteiger partial charge in [-0.15, -0.1) is 11.3 Å². The molecule has 2 aromatic heterocycles. The molecule has 2 heterocycles. The van der Waals surface area contributed by atoms with Crippen molar-refractivity contribution in [2.24, 2.45) is 0 Å². The molecule has 22 heavy (non-hydrogen) atoms. The van der Waals surface area contributed by atoms with Crippen molar-refractivity contribution in [1.82, 2.24) is 15.5 Å². The molecule has 0 atom stereocenters. The lowest BCUT2D eigenvalue weighted by Crippen LogP contribution is -2.17. The van der Waals surface area contributed by atoms with Gasteiger partial charge >= 0.3 is 0 Å². The average molecular weight is 378 g/mol. The van der Waals surface area contributed by atoms with E-state index in [4.69, 9.17) is 4.52 Å². The van der Waals surface area contributed by atoms with Crippen LogP contribution < -0.4 is 5.32 Å². The third kappa shape index (κ3) is 3.42. The lowest BCUT2D eigenvalue weighted by molar-refractivity contribution is -0.119. The number of carbonyl (C=O) groups is 1. The second-order valence-corrected chi connectivity index (χ2v) is 6.69. The first-order valence-corrected chi connectivity index (χ1v) is 8.16. The fourth-order valence-corrected chi connectivity index (χ4v) is 2.98. The van der Waals surface area contributed by atoms with Crippen LogP contribution in [0.25, 0.3) is 22.2 Å². The van der Waals surface area contributed by atoms with E-state index in [1.54, 1.807) is 0 Å². The van der Waals surface area contributed by atoms with Gasteiger partial charge in [-0.3, -0.25) is 4.79 Å². The number of thiophene rings is 1. The van der Waals surface area contributed by atoms with Crippen LogP contribution in [0.15, 0.2) is 45.4 Å². The molecule has 0 spiro atoms. The van der Waals surface area contributed by atoms with Gasteiger partial charge in [0.1, 0.15) is 0 Å². The van der Waals surface area contributed by atoms with E-state index in [0.717, 1.165) is 19.8 Å². The van der Waals surface area contributed by atoms with E-state index in [-0.39, 0.29) is 5.91 Å². The number of halogens is 1. The maximum Gasteiger partial charge on any atom is 0.258 e. The first kappa shape index (κ1) is 14.9. The minimum atomic E-state index is -0.0490. The molecule has 0 aliphatic heterocycles. The Bertz CT molecular complexity index is 795. The minimum absolute atomic E-state index is 0.0490. The van der Waals surface area contributed by atoms with Crippen LogP contribution in [-0.2, 0) is 11.3 Å². The van der Waals surface area contributed by atoms with Crippen LogP contribution in [-0.4, -0.2) is 16.0 Å². The second-order valence-electron chi connectivity index (χ2n) is 4.61. The first-order valence-electron chi connectivity index (χ1n) is 6.55. The van der Waals surface area contributed by atoms with E-state index in [9.17, 15) is 4.79 Å². The van der Waals surface area contributed by atoms with Crippen LogP contribution >= 0.6 is 27.3 Å². The number of aromatic nitrogens is 2. The second kappa shape index (κ2) is 6.41. The number of hydrogen-bond acceptors (Lipinski definition) is 5. The minimum Gasteiger partial charge on any atom is -0.351 e. The van der Waals surface area contributed by atoms with Crippen LogP contribution in [0.3, 0.4) is 0 Å². The van der Waals surface area contributed by atoms with E-state index < -0.39 is 0 Å². The molecule has 3 aromatic rings. The van der Waals surface area contributed by atoms with Gasteiger partial charge in [-0.05, 0) is 36.4 Å². The van der Waals surface area contributed by atoms with Crippen molar-refractivity contribution >= 4 is 33.2 Å². The van der Waals surface area contributed by atoms with Gasteiger partial charge < -0.3 is 9.84 Å². The molecule has 0 aliphatic rings. The molecule has 0 saturated carbocycles. The molecule has 0 radical (unpaired) electrons. The molecule has 7 heteroatoms. The highest BCUT2D eigenvalue weighted by Gasteiger charge is 2.12. The Morgan fingerprint density at radius 1 is 1.27 bits per heavy atom. The number of nitrogens with zero attached hydrogens (tertiary/aromatic N) is 2. The van der Waals surface area contributed by atoms with E-state index in [0.29, 0.717) is 18.3 Å². The van der Waals surface area contributed by atoms with Crippen molar-refractivity contribution in [3.05, 3.63) is 45.7 Å². The summed E-state index contributed by atoms with van der Waals surface area (Å²) in [6.45, 7) is 2.01. The van der Waals surface area contributed by atoms with Crippen LogP contribution in [0.2, 0.25) is 0 Å². The van der Waals surface area contributed by atoms with Crippen molar-refractivity contribution in [1.29, 1.82) is 0 Å². The zero-order valence-electron chi connectivity index (χ0n) is 11.7. The highest BCUT2D eigenvalue weighted by molar-refractivity contribution is 9.10. The molecule has 3 rings (SSSR count). The predicted molar refractivity (Wildman–Crippen MR) is 88.3 cm³/mol.